The van der Waals surface area contributed by atoms with Gasteiger partial charge in [0, 0.05) is 12.6 Å². The third-order valence-corrected chi connectivity index (χ3v) is 3.48. The number of rotatable bonds is 5. The highest BCUT2D eigenvalue weighted by molar-refractivity contribution is 5.60. The molecule has 2 aromatic carbocycles. The second-order valence-electron chi connectivity index (χ2n) is 5.27. The molecule has 0 unspecified atom stereocenters. The number of nitriles is 1. The second kappa shape index (κ2) is 6.81. The van der Waals surface area contributed by atoms with Crippen molar-refractivity contribution in [3.8, 4) is 11.8 Å². The molecule has 2 rings (SSSR count). The van der Waals surface area contributed by atoms with E-state index < -0.39 is 0 Å². The third kappa shape index (κ3) is 3.76. The molecule has 3 nitrogen and oxygen atoms in total. The molecule has 108 valence electrons. The van der Waals surface area contributed by atoms with E-state index in [-0.39, 0.29) is 0 Å². The molecule has 0 aliphatic carbocycles. The van der Waals surface area contributed by atoms with Crippen LogP contribution in [0.2, 0.25) is 0 Å². The van der Waals surface area contributed by atoms with Gasteiger partial charge in [0.2, 0.25) is 0 Å². The standard InChI is InChI=1S/C18H20N2O/c1-13(2)15-6-4-14(5-7-15)12-20-18-10-17(21-3)9-8-16(18)11-19/h4-10,13,20H,12H2,1-3H3. The van der Waals surface area contributed by atoms with Crippen LogP contribution in [0.4, 0.5) is 5.69 Å². The van der Waals surface area contributed by atoms with E-state index in [1.54, 1.807) is 19.2 Å². The highest BCUT2D eigenvalue weighted by Gasteiger charge is 2.04. The minimum absolute atomic E-state index is 0.538. The Kier molecular flexibility index (Phi) is 4.84. The Balaban J connectivity index is 2.10. The van der Waals surface area contributed by atoms with E-state index in [4.69, 9.17) is 10.00 Å². The van der Waals surface area contributed by atoms with Crippen LogP contribution in [0.1, 0.15) is 36.5 Å². The lowest BCUT2D eigenvalue weighted by Gasteiger charge is -2.11. The fourth-order valence-corrected chi connectivity index (χ4v) is 2.11. The maximum atomic E-state index is 9.15. The van der Waals surface area contributed by atoms with Gasteiger partial charge in [-0.25, -0.2) is 0 Å². The van der Waals surface area contributed by atoms with Crippen LogP contribution in [-0.2, 0) is 6.54 Å². The van der Waals surface area contributed by atoms with Gasteiger partial charge in [-0.2, -0.15) is 5.26 Å². The Morgan fingerprint density at radius 1 is 1.14 bits per heavy atom. The highest BCUT2D eigenvalue weighted by Crippen LogP contribution is 2.23. The molecule has 0 saturated carbocycles. The topological polar surface area (TPSA) is 45.0 Å². The molecule has 3 heteroatoms. The first-order valence-corrected chi connectivity index (χ1v) is 7.05. The Hall–Kier alpha value is -2.47. The van der Waals surface area contributed by atoms with Gasteiger partial charge >= 0.3 is 0 Å². The summed E-state index contributed by atoms with van der Waals surface area (Å²) in [6, 6.07) is 16.1. The number of nitrogens with one attached hydrogen (secondary N) is 1. The van der Waals surface area contributed by atoms with E-state index >= 15 is 0 Å². The molecule has 0 radical (unpaired) electrons. The van der Waals surface area contributed by atoms with Gasteiger partial charge in [-0.1, -0.05) is 38.1 Å². The average Bonchev–Trinajstić information content (AvgIpc) is 2.52. The van der Waals surface area contributed by atoms with Crippen molar-refractivity contribution < 1.29 is 4.74 Å². The van der Waals surface area contributed by atoms with Gasteiger partial charge in [0.25, 0.3) is 0 Å². The summed E-state index contributed by atoms with van der Waals surface area (Å²) in [5, 5.41) is 12.4. The number of ether oxygens (including phenoxy) is 1. The van der Waals surface area contributed by atoms with Crippen LogP contribution >= 0.6 is 0 Å². The monoisotopic (exact) mass is 280 g/mol. The van der Waals surface area contributed by atoms with Crippen molar-refractivity contribution in [1.29, 1.82) is 5.26 Å². The fourth-order valence-electron chi connectivity index (χ4n) is 2.11. The van der Waals surface area contributed by atoms with E-state index in [1.807, 2.05) is 6.07 Å². The van der Waals surface area contributed by atoms with E-state index in [0.29, 0.717) is 18.0 Å². The summed E-state index contributed by atoms with van der Waals surface area (Å²) < 4.78 is 5.20. The molecule has 0 spiro atoms. The van der Waals surface area contributed by atoms with Gasteiger partial charge in [-0.3, -0.25) is 0 Å². The second-order valence-corrected chi connectivity index (χ2v) is 5.27. The van der Waals surface area contributed by atoms with Crippen LogP contribution in [-0.4, -0.2) is 7.11 Å². The summed E-state index contributed by atoms with van der Waals surface area (Å²) in [7, 11) is 1.62. The molecular weight excluding hydrogens is 260 g/mol. The first-order chi connectivity index (χ1) is 10.1. The first-order valence-electron chi connectivity index (χ1n) is 7.05. The van der Waals surface area contributed by atoms with Gasteiger partial charge in [-0.15, -0.1) is 0 Å². The zero-order valence-electron chi connectivity index (χ0n) is 12.7. The molecule has 0 atom stereocenters. The first kappa shape index (κ1) is 14.9. The van der Waals surface area contributed by atoms with Crippen LogP contribution in [0.3, 0.4) is 0 Å². The van der Waals surface area contributed by atoms with E-state index in [0.717, 1.165) is 11.4 Å². The molecule has 0 aromatic heterocycles. The molecule has 0 aliphatic heterocycles. The number of benzene rings is 2. The van der Waals surface area contributed by atoms with Crippen molar-refractivity contribution in [3.05, 3.63) is 59.2 Å². The van der Waals surface area contributed by atoms with Crippen molar-refractivity contribution in [2.45, 2.75) is 26.3 Å². The highest BCUT2D eigenvalue weighted by atomic mass is 16.5. The minimum atomic E-state index is 0.538. The molecule has 0 fully saturated rings. The van der Waals surface area contributed by atoms with Crippen LogP contribution < -0.4 is 10.1 Å². The van der Waals surface area contributed by atoms with Gasteiger partial charge in [0.1, 0.15) is 11.8 Å². The number of nitrogens with zero attached hydrogens (tertiary/aromatic N) is 1. The van der Waals surface area contributed by atoms with Crippen LogP contribution in [0.25, 0.3) is 0 Å². The zero-order valence-corrected chi connectivity index (χ0v) is 12.7. The largest absolute Gasteiger partial charge is 0.497 e. The third-order valence-electron chi connectivity index (χ3n) is 3.48. The summed E-state index contributed by atoms with van der Waals surface area (Å²) in [5.41, 5.74) is 3.93. The quantitative estimate of drug-likeness (QED) is 0.888. The molecule has 0 bridgehead atoms. The van der Waals surface area contributed by atoms with Crippen molar-refractivity contribution in [2.75, 3.05) is 12.4 Å². The lowest BCUT2D eigenvalue weighted by Crippen LogP contribution is -2.02. The lowest BCUT2D eigenvalue weighted by molar-refractivity contribution is 0.415. The Morgan fingerprint density at radius 2 is 1.86 bits per heavy atom. The summed E-state index contributed by atoms with van der Waals surface area (Å²) in [6.07, 6.45) is 0. The predicted molar refractivity (Wildman–Crippen MR) is 85.6 cm³/mol. The van der Waals surface area contributed by atoms with Crippen LogP contribution in [0.5, 0.6) is 5.75 Å². The van der Waals surface area contributed by atoms with Crippen molar-refractivity contribution in [2.24, 2.45) is 0 Å². The minimum Gasteiger partial charge on any atom is -0.497 e. The summed E-state index contributed by atoms with van der Waals surface area (Å²) in [6.45, 7) is 5.05. The Labute approximate surface area is 126 Å². The Morgan fingerprint density at radius 3 is 2.43 bits per heavy atom. The molecule has 0 aliphatic rings. The number of anilines is 1. The average molecular weight is 280 g/mol. The van der Waals surface area contributed by atoms with Crippen molar-refractivity contribution in [1.82, 2.24) is 0 Å². The molecule has 0 heterocycles. The molecule has 1 N–H and O–H groups in total. The lowest BCUT2D eigenvalue weighted by atomic mass is 10.0. The normalized spacial score (nSPS) is 10.2. The molecular formula is C18H20N2O. The fraction of sp³-hybridized carbons (Fsp3) is 0.278. The van der Waals surface area contributed by atoms with E-state index in [1.165, 1.54) is 11.1 Å². The predicted octanol–water partition coefficient (Wildman–Crippen LogP) is 4.30. The van der Waals surface area contributed by atoms with Crippen molar-refractivity contribution in [3.63, 3.8) is 0 Å². The number of hydrogen-bond donors (Lipinski definition) is 1. The van der Waals surface area contributed by atoms with Gasteiger partial charge in [0.05, 0.1) is 18.4 Å². The molecule has 0 saturated heterocycles. The summed E-state index contributed by atoms with van der Waals surface area (Å²) in [4.78, 5) is 0. The van der Waals surface area contributed by atoms with E-state index in [9.17, 15) is 0 Å². The SMILES string of the molecule is COc1ccc(C#N)c(NCc2ccc(C(C)C)cc2)c1. The maximum Gasteiger partial charge on any atom is 0.121 e. The van der Waals surface area contributed by atoms with Crippen LogP contribution in [0, 0.1) is 11.3 Å². The number of hydrogen-bond acceptors (Lipinski definition) is 3. The van der Waals surface area contributed by atoms with Crippen molar-refractivity contribution >= 4 is 5.69 Å². The molecule has 21 heavy (non-hydrogen) atoms. The van der Waals surface area contributed by atoms with Gasteiger partial charge < -0.3 is 10.1 Å². The van der Waals surface area contributed by atoms with Gasteiger partial charge in [0.15, 0.2) is 0 Å². The Bertz CT molecular complexity index is 639. The van der Waals surface area contributed by atoms with Gasteiger partial charge in [-0.05, 0) is 29.2 Å². The maximum absolute atomic E-state index is 9.15. The molecule has 0 amide bonds. The number of methoxy groups -OCH3 is 1. The van der Waals surface area contributed by atoms with Crippen LogP contribution in [0.15, 0.2) is 42.5 Å². The zero-order chi connectivity index (χ0) is 15.2. The smallest absolute Gasteiger partial charge is 0.121 e. The summed E-state index contributed by atoms with van der Waals surface area (Å²) >= 11 is 0. The van der Waals surface area contributed by atoms with E-state index in [2.05, 4.69) is 49.5 Å². The molecule has 2 aromatic rings. The summed E-state index contributed by atoms with van der Waals surface area (Å²) in [5.74, 6) is 1.28.